The Labute approximate surface area is 311 Å². The van der Waals surface area contributed by atoms with Crippen LogP contribution in [0.3, 0.4) is 0 Å². The first-order valence-electron chi connectivity index (χ1n) is 17.7. The van der Waals surface area contributed by atoms with Gasteiger partial charge in [-0.25, -0.2) is 0 Å². The van der Waals surface area contributed by atoms with Gasteiger partial charge in [-0.2, -0.15) is 0 Å². The molecule has 4 aromatic heterocycles. The molecule has 0 atom stereocenters. The fraction of sp³-hybridized carbons (Fsp3) is 0. The van der Waals surface area contributed by atoms with Crippen molar-refractivity contribution in [1.29, 1.82) is 0 Å². The number of anilines is 3. The lowest BCUT2D eigenvalue weighted by molar-refractivity contribution is 0.669. The van der Waals surface area contributed by atoms with Gasteiger partial charge in [0.1, 0.15) is 22.3 Å². The van der Waals surface area contributed by atoms with E-state index in [0.29, 0.717) is 0 Å². The summed E-state index contributed by atoms with van der Waals surface area (Å²) in [5.41, 5.74) is 9.30. The minimum atomic E-state index is 0.909. The van der Waals surface area contributed by atoms with E-state index in [1.54, 1.807) is 0 Å². The molecule has 0 spiro atoms. The highest BCUT2D eigenvalue weighted by Gasteiger charge is 2.23. The molecule has 3 nitrogen and oxygen atoms in total. The van der Waals surface area contributed by atoms with E-state index in [1.165, 1.54) is 51.4 Å². The molecule has 12 rings (SSSR count). The number of rotatable bonds is 4. The lowest BCUT2D eigenvalue weighted by Gasteiger charge is -2.27. The van der Waals surface area contributed by atoms with E-state index in [0.717, 1.165) is 61.0 Å². The quantitative estimate of drug-likeness (QED) is 0.182. The van der Waals surface area contributed by atoms with E-state index in [-0.39, 0.29) is 0 Å². The Morgan fingerprint density at radius 2 is 0.981 bits per heavy atom. The van der Waals surface area contributed by atoms with E-state index in [9.17, 15) is 0 Å². The van der Waals surface area contributed by atoms with Crippen molar-refractivity contribution in [2.24, 2.45) is 0 Å². The van der Waals surface area contributed by atoms with Gasteiger partial charge in [-0.3, -0.25) is 0 Å². The molecule has 248 valence electrons. The van der Waals surface area contributed by atoms with Crippen molar-refractivity contribution in [2.45, 2.75) is 0 Å². The minimum absolute atomic E-state index is 0.909. The summed E-state index contributed by atoms with van der Waals surface area (Å²) in [6, 6.07) is 58.7. The molecule has 0 saturated heterocycles. The van der Waals surface area contributed by atoms with Gasteiger partial charge in [0.2, 0.25) is 0 Å². The molecule has 4 heterocycles. The van der Waals surface area contributed by atoms with E-state index < -0.39 is 0 Å². The van der Waals surface area contributed by atoms with Gasteiger partial charge in [-0.1, -0.05) is 109 Å². The summed E-state index contributed by atoms with van der Waals surface area (Å²) in [5.74, 6) is 0. The van der Waals surface area contributed by atoms with Gasteiger partial charge in [-0.15, -0.1) is 22.7 Å². The number of thiophene rings is 2. The molecule has 0 fully saturated rings. The molecule has 0 amide bonds. The number of hydrogen-bond acceptors (Lipinski definition) is 5. The highest BCUT2D eigenvalue weighted by atomic mass is 32.1. The topological polar surface area (TPSA) is 29.5 Å². The third-order valence-corrected chi connectivity index (χ3v) is 13.2. The normalized spacial score (nSPS) is 12.2. The van der Waals surface area contributed by atoms with Crippen LogP contribution < -0.4 is 4.90 Å². The molecular weight excluding hydrogens is 687 g/mol. The van der Waals surface area contributed by atoms with Crippen LogP contribution in [0.15, 0.2) is 173 Å². The van der Waals surface area contributed by atoms with Gasteiger partial charge in [0.25, 0.3) is 0 Å². The maximum absolute atomic E-state index is 6.45. The highest BCUT2D eigenvalue weighted by molar-refractivity contribution is 7.27. The zero-order valence-electron chi connectivity index (χ0n) is 28.2. The average Bonchev–Trinajstić information content (AvgIpc) is 3.98. The molecule has 0 aliphatic carbocycles. The van der Waals surface area contributed by atoms with Gasteiger partial charge in [0.15, 0.2) is 0 Å². The molecule has 53 heavy (non-hydrogen) atoms. The summed E-state index contributed by atoms with van der Waals surface area (Å²) in [7, 11) is 0. The standard InChI is InChI=1S/C48H27NO2S2/c1-4-19-40-31(10-1)33-14-7-13-30(45(33)51-40)28-22-24-29(25-23-28)49(38-17-8-15-34-32-11-3-6-21-43(32)52-46(34)38)39-18-9-16-35-36-26-27-42-44(48(36)53-47(35)39)37-12-2-5-20-41(37)50-42/h1-27H. The number of benzene rings is 8. The smallest absolute Gasteiger partial charge is 0.143 e. The summed E-state index contributed by atoms with van der Waals surface area (Å²) in [6.45, 7) is 0. The highest BCUT2D eigenvalue weighted by Crippen LogP contribution is 2.50. The van der Waals surface area contributed by atoms with Crippen molar-refractivity contribution in [3.8, 4) is 11.1 Å². The lowest BCUT2D eigenvalue weighted by atomic mass is 10.0. The number of para-hydroxylation sites is 3. The van der Waals surface area contributed by atoms with Crippen molar-refractivity contribution >= 4 is 124 Å². The number of fused-ring (bicyclic) bond motifs is 13. The largest absolute Gasteiger partial charge is 0.456 e. The van der Waals surface area contributed by atoms with E-state index in [1.807, 2.05) is 40.9 Å². The Hall–Kier alpha value is -6.40. The van der Waals surface area contributed by atoms with Gasteiger partial charge in [-0.05, 0) is 60.2 Å². The Morgan fingerprint density at radius 1 is 0.377 bits per heavy atom. The minimum Gasteiger partial charge on any atom is -0.456 e. The van der Waals surface area contributed by atoms with Crippen LogP contribution in [-0.2, 0) is 0 Å². The predicted octanol–water partition coefficient (Wildman–Crippen LogP) is 15.4. The summed E-state index contributed by atoms with van der Waals surface area (Å²) in [5, 5.41) is 9.68. The molecule has 12 aromatic rings. The van der Waals surface area contributed by atoms with Crippen LogP contribution in [0.2, 0.25) is 0 Å². The Morgan fingerprint density at radius 3 is 1.79 bits per heavy atom. The van der Waals surface area contributed by atoms with Crippen LogP contribution in [0.25, 0.3) is 95.3 Å². The molecule has 0 radical (unpaired) electrons. The van der Waals surface area contributed by atoms with Crippen LogP contribution in [0.4, 0.5) is 17.1 Å². The molecule has 8 aromatic carbocycles. The first-order chi connectivity index (χ1) is 26.3. The molecule has 0 N–H and O–H groups in total. The number of nitrogens with zero attached hydrogens (tertiary/aromatic N) is 1. The van der Waals surface area contributed by atoms with Crippen LogP contribution in [0.1, 0.15) is 0 Å². The van der Waals surface area contributed by atoms with Crippen LogP contribution >= 0.6 is 22.7 Å². The van der Waals surface area contributed by atoms with Crippen molar-refractivity contribution in [3.05, 3.63) is 164 Å². The number of furan rings is 2. The third kappa shape index (κ3) is 4.20. The Bertz CT molecular complexity index is 3420. The van der Waals surface area contributed by atoms with Gasteiger partial charge in [0.05, 0.1) is 20.8 Å². The average molecular weight is 714 g/mol. The summed E-state index contributed by atoms with van der Waals surface area (Å²) >= 11 is 3.72. The molecule has 0 aliphatic rings. The maximum atomic E-state index is 6.45. The Kier molecular flexibility index (Phi) is 6.09. The fourth-order valence-electron chi connectivity index (χ4n) is 8.31. The van der Waals surface area contributed by atoms with E-state index in [4.69, 9.17) is 8.83 Å². The van der Waals surface area contributed by atoms with Gasteiger partial charge >= 0.3 is 0 Å². The van der Waals surface area contributed by atoms with Crippen LogP contribution in [-0.4, -0.2) is 0 Å². The first-order valence-corrected chi connectivity index (χ1v) is 19.4. The zero-order chi connectivity index (χ0) is 34.6. The number of hydrogen-bond donors (Lipinski definition) is 0. The van der Waals surface area contributed by atoms with Crippen LogP contribution in [0, 0.1) is 0 Å². The SMILES string of the molecule is c1ccc2c(c1)oc1c(-c3ccc(N(c4cccc5c4sc4ccccc45)c4cccc5c4sc4c5ccc5oc6ccccc6c54)cc3)cccc12. The van der Waals surface area contributed by atoms with E-state index >= 15 is 0 Å². The third-order valence-electron chi connectivity index (χ3n) is 10.7. The second-order valence-electron chi connectivity index (χ2n) is 13.6. The molecule has 0 aliphatic heterocycles. The summed E-state index contributed by atoms with van der Waals surface area (Å²) in [4.78, 5) is 2.46. The van der Waals surface area contributed by atoms with Crippen molar-refractivity contribution in [2.75, 3.05) is 4.90 Å². The van der Waals surface area contributed by atoms with Gasteiger partial charge in [0, 0.05) is 63.7 Å². The molecule has 5 heteroatoms. The summed E-state index contributed by atoms with van der Waals surface area (Å²) in [6.07, 6.45) is 0. The Balaban J connectivity index is 1.11. The van der Waals surface area contributed by atoms with Crippen molar-refractivity contribution < 1.29 is 8.83 Å². The predicted molar refractivity (Wildman–Crippen MR) is 227 cm³/mol. The second-order valence-corrected chi connectivity index (χ2v) is 15.7. The molecule has 0 saturated carbocycles. The van der Waals surface area contributed by atoms with Gasteiger partial charge < -0.3 is 13.7 Å². The monoisotopic (exact) mass is 713 g/mol. The lowest BCUT2D eigenvalue weighted by Crippen LogP contribution is -2.10. The maximum Gasteiger partial charge on any atom is 0.143 e. The van der Waals surface area contributed by atoms with Crippen molar-refractivity contribution in [3.63, 3.8) is 0 Å². The molecular formula is C48H27NO2S2. The zero-order valence-corrected chi connectivity index (χ0v) is 29.8. The van der Waals surface area contributed by atoms with Crippen LogP contribution in [0.5, 0.6) is 0 Å². The van der Waals surface area contributed by atoms with Crippen molar-refractivity contribution in [1.82, 2.24) is 0 Å². The summed E-state index contributed by atoms with van der Waals surface area (Å²) < 4.78 is 17.8. The first kappa shape index (κ1) is 29.2. The molecule has 0 unspecified atom stereocenters. The fourth-order valence-corrected chi connectivity index (χ4v) is 10.9. The second kappa shape index (κ2) is 11.1. The van der Waals surface area contributed by atoms with E-state index in [2.05, 4.69) is 150 Å². The molecule has 0 bridgehead atoms.